The first-order chi connectivity index (χ1) is 2.91. The highest BCUT2D eigenvalue weighted by Gasteiger charge is 1.51. The number of ether oxygens (including phenoxy) is 1. The molecule has 0 bridgehead atoms. The molecule has 0 amide bonds. The van der Waals surface area contributed by atoms with Crippen molar-refractivity contribution in [1.82, 2.24) is 0 Å². The Hall–Kier alpha value is -0.110. The molecular formula is C4H11FO. The summed E-state index contributed by atoms with van der Waals surface area (Å²) < 4.78 is 14.0. The first-order valence-corrected chi connectivity index (χ1v) is 1.78. The molecule has 0 aliphatic heterocycles. The van der Waals surface area contributed by atoms with Gasteiger partial charge in [-0.05, 0) is 6.92 Å². The monoisotopic (exact) mass is 94.1 g/mol. The Balaban J connectivity index is 0. The summed E-state index contributed by atoms with van der Waals surface area (Å²) in [6.07, 6.45) is 0. The maximum Gasteiger partial charge on any atom is 0.0785 e. The Labute approximate surface area is 38.1 Å². The summed E-state index contributed by atoms with van der Waals surface area (Å²) in [5, 5.41) is 0. The predicted molar refractivity (Wildman–Crippen MR) is 24.6 cm³/mol. The second-order valence-corrected chi connectivity index (χ2v) is 0.577. The Kier molecular flexibility index (Phi) is 32.1. The molecule has 40 valence electrons. The van der Waals surface area contributed by atoms with Gasteiger partial charge in [0.1, 0.15) is 0 Å². The van der Waals surface area contributed by atoms with Crippen LogP contribution in [0.25, 0.3) is 0 Å². The van der Waals surface area contributed by atoms with E-state index in [4.69, 9.17) is 0 Å². The van der Waals surface area contributed by atoms with Gasteiger partial charge in [0, 0.05) is 13.7 Å². The fourth-order valence-corrected chi connectivity index (χ4v) is 0. The van der Waals surface area contributed by atoms with E-state index in [2.05, 4.69) is 4.74 Å². The van der Waals surface area contributed by atoms with Crippen LogP contribution in [0.15, 0.2) is 0 Å². The maximum atomic E-state index is 9.50. The molecule has 0 aromatic carbocycles. The highest BCUT2D eigenvalue weighted by atomic mass is 19.1. The van der Waals surface area contributed by atoms with Crippen LogP contribution in [0.1, 0.15) is 6.92 Å². The third-order valence-corrected chi connectivity index (χ3v) is 0.289. The van der Waals surface area contributed by atoms with Gasteiger partial charge in [-0.3, -0.25) is 4.39 Å². The normalized spacial score (nSPS) is 6.00. The van der Waals surface area contributed by atoms with Crippen molar-refractivity contribution in [2.75, 3.05) is 20.9 Å². The fraction of sp³-hybridized carbons (Fsp3) is 1.00. The molecule has 0 atom stereocenters. The van der Waals surface area contributed by atoms with Gasteiger partial charge in [-0.25, -0.2) is 0 Å². The first-order valence-electron chi connectivity index (χ1n) is 1.78. The third kappa shape index (κ3) is 41.0. The summed E-state index contributed by atoms with van der Waals surface area (Å²) in [6, 6.07) is 0. The summed E-state index contributed by atoms with van der Waals surface area (Å²) in [7, 11) is 2.18. The Morgan fingerprint density at radius 3 is 1.67 bits per heavy atom. The van der Waals surface area contributed by atoms with Crippen molar-refractivity contribution in [2.24, 2.45) is 0 Å². The SMILES string of the molecule is CCOC.CF. The van der Waals surface area contributed by atoms with E-state index in [-0.39, 0.29) is 0 Å². The zero-order valence-corrected chi connectivity index (χ0v) is 4.49. The van der Waals surface area contributed by atoms with Crippen LogP contribution in [-0.4, -0.2) is 20.9 Å². The van der Waals surface area contributed by atoms with E-state index in [0.29, 0.717) is 7.18 Å². The molecule has 0 fully saturated rings. The third-order valence-electron chi connectivity index (χ3n) is 0.289. The number of halogens is 1. The van der Waals surface area contributed by atoms with Crippen LogP contribution in [0.2, 0.25) is 0 Å². The molecule has 0 N–H and O–H groups in total. The van der Waals surface area contributed by atoms with Crippen LogP contribution in [0.3, 0.4) is 0 Å². The minimum atomic E-state index is 0.500. The van der Waals surface area contributed by atoms with Crippen molar-refractivity contribution in [2.45, 2.75) is 6.92 Å². The Morgan fingerprint density at radius 2 is 1.67 bits per heavy atom. The van der Waals surface area contributed by atoms with E-state index in [0.717, 1.165) is 6.61 Å². The highest BCUT2D eigenvalue weighted by molar-refractivity contribution is 3.94. The second kappa shape index (κ2) is 20.7. The molecule has 0 saturated carbocycles. The smallest absolute Gasteiger partial charge is 0.0785 e. The van der Waals surface area contributed by atoms with E-state index in [9.17, 15) is 4.39 Å². The van der Waals surface area contributed by atoms with Gasteiger partial charge >= 0.3 is 0 Å². The molecular weight excluding hydrogens is 83.0 g/mol. The molecule has 0 aromatic heterocycles. The van der Waals surface area contributed by atoms with E-state index in [1.165, 1.54) is 0 Å². The van der Waals surface area contributed by atoms with Crippen LogP contribution in [0, 0.1) is 0 Å². The Bertz CT molecular complexity index is 9.51. The fourth-order valence-electron chi connectivity index (χ4n) is 0. The van der Waals surface area contributed by atoms with Gasteiger partial charge in [-0.2, -0.15) is 0 Å². The van der Waals surface area contributed by atoms with Gasteiger partial charge in [0.2, 0.25) is 0 Å². The van der Waals surface area contributed by atoms with Crippen molar-refractivity contribution in [1.29, 1.82) is 0 Å². The minimum Gasteiger partial charge on any atom is -0.385 e. The average molecular weight is 94.1 g/mol. The van der Waals surface area contributed by atoms with Gasteiger partial charge < -0.3 is 4.74 Å². The number of methoxy groups -OCH3 is 1. The van der Waals surface area contributed by atoms with Crippen LogP contribution in [0.4, 0.5) is 4.39 Å². The highest BCUT2D eigenvalue weighted by Crippen LogP contribution is 1.52. The van der Waals surface area contributed by atoms with E-state index in [1.54, 1.807) is 7.11 Å². The molecule has 0 unspecified atom stereocenters. The molecule has 0 aliphatic rings. The number of hydrogen-bond donors (Lipinski definition) is 0. The van der Waals surface area contributed by atoms with Crippen molar-refractivity contribution in [3.8, 4) is 0 Å². The van der Waals surface area contributed by atoms with Crippen molar-refractivity contribution >= 4 is 0 Å². The molecule has 2 heteroatoms. The zero-order chi connectivity index (χ0) is 5.41. The number of hydrogen-bond acceptors (Lipinski definition) is 1. The van der Waals surface area contributed by atoms with Gasteiger partial charge in [0.05, 0.1) is 7.18 Å². The van der Waals surface area contributed by atoms with Crippen LogP contribution < -0.4 is 0 Å². The van der Waals surface area contributed by atoms with Gasteiger partial charge in [0.25, 0.3) is 0 Å². The second-order valence-electron chi connectivity index (χ2n) is 0.577. The summed E-state index contributed by atoms with van der Waals surface area (Å²) in [6.45, 7) is 2.78. The molecule has 0 heterocycles. The lowest BCUT2D eigenvalue weighted by Crippen LogP contribution is -1.73. The maximum absolute atomic E-state index is 9.50. The molecule has 0 saturated heterocycles. The average Bonchev–Trinajstić information content (AvgIpc) is 1.72. The molecule has 1 nitrogen and oxygen atoms in total. The van der Waals surface area contributed by atoms with Crippen molar-refractivity contribution < 1.29 is 9.13 Å². The molecule has 0 rings (SSSR count). The van der Waals surface area contributed by atoms with Crippen molar-refractivity contribution in [3.63, 3.8) is 0 Å². The van der Waals surface area contributed by atoms with E-state index >= 15 is 0 Å². The first kappa shape index (κ1) is 9.31. The topological polar surface area (TPSA) is 9.23 Å². The van der Waals surface area contributed by atoms with Gasteiger partial charge in [-0.1, -0.05) is 0 Å². The van der Waals surface area contributed by atoms with Crippen LogP contribution in [-0.2, 0) is 4.74 Å². The summed E-state index contributed by atoms with van der Waals surface area (Å²) in [4.78, 5) is 0. The minimum absolute atomic E-state index is 0.500. The standard InChI is InChI=1S/C3H8O.CH3F/c1-3-4-2;1-2/h3H2,1-2H3;1H3. The number of rotatable bonds is 1. The van der Waals surface area contributed by atoms with Crippen LogP contribution in [0.5, 0.6) is 0 Å². The molecule has 0 aromatic rings. The quantitative estimate of drug-likeness (QED) is 0.475. The lowest BCUT2D eigenvalue weighted by Gasteiger charge is -1.76. The van der Waals surface area contributed by atoms with Gasteiger partial charge in [-0.15, -0.1) is 0 Å². The molecule has 0 radical (unpaired) electrons. The van der Waals surface area contributed by atoms with E-state index in [1.807, 2.05) is 6.92 Å². The lowest BCUT2D eigenvalue weighted by molar-refractivity contribution is 0.215. The Morgan fingerprint density at radius 1 is 1.50 bits per heavy atom. The van der Waals surface area contributed by atoms with Gasteiger partial charge in [0.15, 0.2) is 0 Å². The lowest BCUT2D eigenvalue weighted by atomic mass is 10.9. The molecule has 6 heavy (non-hydrogen) atoms. The molecule has 0 aliphatic carbocycles. The zero-order valence-electron chi connectivity index (χ0n) is 4.49. The molecule has 0 spiro atoms. The van der Waals surface area contributed by atoms with Crippen LogP contribution >= 0.6 is 0 Å². The van der Waals surface area contributed by atoms with E-state index < -0.39 is 0 Å². The van der Waals surface area contributed by atoms with Crippen molar-refractivity contribution in [3.05, 3.63) is 0 Å². The predicted octanol–water partition coefficient (Wildman–Crippen LogP) is 1.24. The summed E-state index contributed by atoms with van der Waals surface area (Å²) >= 11 is 0. The summed E-state index contributed by atoms with van der Waals surface area (Å²) in [5.41, 5.74) is 0. The summed E-state index contributed by atoms with van der Waals surface area (Å²) in [5.74, 6) is 0. The largest absolute Gasteiger partial charge is 0.385 e. The number of alkyl halides is 1.